The Bertz CT molecular complexity index is 572. The van der Waals surface area contributed by atoms with E-state index in [0.29, 0.717) is 5.56 Å². The van der Waals surface area contributed by atoms with Gasteiger partial charge < -0.3 is 9.84 Å². The third-order valence-corrected chi connectivity index (χ3v) is 2.74. The second-order valence-corrected chi connectivity index (χ2v) is 4.32. The summed E-state index contributed by atoms with van der Waals surface area (Å²) in [4.78, 5) is 25.0. The number of nitrogens with zero attached hydrogens (tertiary/aromatic N) is 1. The third-order valence-electron chi connectivity index (χ3n) is 2.74. The largest absolute Gasteiger partial charge is 0.393 e. The molecule has 17 heavy (non-hydrogen) atoms. The SMILES string of the molecule is Cc1cn([C@@H]2C=C[C@](C)(CO)O2)c(=O)[nH]c1=O. The molecule has 0 aromatic carbocycles. The summed E-state index contributed by atoms with van der Waals surface area (Å²) in [6.45, 7) is 3.16. The number of aromatic amines is 1. The predicted molar refractivity (Wildman–Crippen MR) is 60.8 cm³/mol. The highest BCUT2D eigenvalue weighted by atomic mass is 16.5. The molecule has 0 amide bonds. The lowest BCUT2D eigenvalue weighted by molar-refractivity contribution is -0.0731. The van der Waals surface area contributed by atoms with Gasteiger partial charge in [-0.05, 0) is 19.9 Å². The monoisotopic (exact) mass is 238 g/mol. The van der Waals surface area contributed by atoms with Crippen molar-refractivity contribution < 1.29 is 9.84 Å². The summed E-state index contributed by atoms with van der Waals surface area (Å²) in [5.74, 6) is 0. The minimum Gasteiger partial charge on any atom is -0.393 e. The van der Waals surface area contributed by atoms with Crippen LogP contribution in [0.3, 0.4) is 0 Å². The molecular formula is C11H14N2O4. The Labute approximate surface area is 97.2 Å². The molecule has 2 atom stereocenters. The van der Waals surface area contributed by atoms with Gasteiger partial charge in [0.1, 0.15) is 5.60 Å². The maximum atomic E-state index is 11.6. The van der Waals surface area contributed by atoms with E-state index in [0.717, 1.165) is 0 Å². The molecule has 0 aliphatic carbocycles. The van der Waals surface area contributed by atoms with Crippen LogP contribution in [-0.4, -0.2) is 26.9 Å². The number of aryl methyl sites for hydroxylation is 1. The Kier molecular flexibility index (Phi) is 2.76. The number of nitrogens with one attached hydrogen (secondary N) is 1. The molecule has 0 spiro atoms. The minimum atomic E-state index is -0.784. The van der Waals surface area contributed by atoms with Crippen LogP contribution in [0.4, 0.5) is 0 Å². The highest BCUT2D eigenvalue weighted by Gasteiger charge is 2.31. The molecule has 0 saturated carbocycles. The van der Waals surface area contributed by atoms with Crippen molar-refractivity contribution in [3.8, 4) is 0 Å². The Balaban J connectivity index is 2.39. The van der Waals surface area contributed by atoms with Gasteiger partial charge in [0.2, 0.25) is 0 Å². The zero-order valence-electron chi connectivity index (χ0n) is 9.64. The van der Waals surface area contributed by atoms with Crippen LogP contribution in [0.1, 0.15) is 18.7 Å². The van der Waals surface area contributed by atoms with Crippen LogP contribution in [0.5, 0.6) is 0 Å². The van der Waals surface area contributed by atoms with E-state index in [1.54, 1.807) is 26.0 Å². The van der Waals surface area contributed by atoms with Crippen LogP contribution in [0.25, 0.3) is 0 Å². The average Bonchev–Trinajstić information content (AvgIpc) is 2.67. The first-order chi connectivity index (χ1) is 7.95. The lowest BCUT2D eigenvalue weighted by Gasteiger charge is -2.22. The molecule has 1 aromatic rings. The molecule has 6 nitrogen and oxygen atoms in total. The van der Waals surface area contributed by atoms with E-state index < -0.39 is 23.1 Å². The Morgan fingerprint density at radius 3 is 2.88 bits per heavy atom. The van der Waals surface area contributed by atoms with E-state index in [1.165, 1.54) is 10.8 Å². The first-order valence-corrected chi connectivity index (χ1v) is 5.25. The van der Waals surface area contributed by atoms with Gasteiger partial charge in [0.25, 0.3) is 5.56 Å². The molecule has 92 valence electrons. The lowest BCUT2D eigenvalue weighted by atomic mass is 10.1. The molecule has 6 heteroatoms. The quantitative estimate of drug-likeness (QED) is 0.692. The zero-order chi connectivity index (χ0) is 12.6. The number of ether oxygens (including phenoxy) is 1. The fraction of sp³-hybridized carbons (Fsp3) is 0.455. The standard InChI is InChI=1S/C11H14N2O4/c1-7-5-13(10(16)12-9(7)15)8-3-4-11(2,6-14)17-8/h3-5,8,14H,6H2,1-2H3,(H,12,15,16)/t8-,11+/m0/s1. The second kappa shape index (κ2) is 3.97. The van der Waals surface area contributed by atoms with Gasteiger partial charge in [0.05, 0.1) is 6.61 Å². The molecule has 0 fully saturated rings. The smallest absolute Gasteiger partial charge is 0.330 e. The van der Waals surface area contributed by atoms with Gasteiger partial charge in [-0.2, -0.15) is 0 Å². The second-order valence-electron chi connectivity index (χ2n) is 4.32. The summed E-state index contributed by atoms with van der Waals surface area (Å²) in [5, 5.41) is 9.14. The number of H-pyrrole nitrogens is 1. The highest BCUT2D eigenvalue weighted by Crippen LogP contribution is 2.27. The lowest BCUT2D eigenvalue weighted by Crippen LogP contribution is -2.35. The van der Waals surface area contributed by atoms with E-state index >= 15 is 0 Å². The van der Waals surface area contributed by atoms with Crippen molar-refractivity contribution in [2.75, 3.05) is 6.61 Å². The van der Waals surface area contributed by atoms with Crippen molar-refractivity contribution >= 4 is 0 Å². The Hall–Kier alpha value is -1.66. The van der Waals surface area contributed by atoms with Crippen molar-refractivity contribution in [3.63, 3.8) is 0 Å². The summed E-state index contributed by atoms with van der Waals surface area (Å²) in [6.07, 6.45) is 4.22. The number of hydrogen-bond donors (Lipinski definition) is 2. The first kappa shape index (κ1) is 11.8. The maximum Gasteiger partial charge on any atom is 0.330 e. The van der Waals surface area contributed by atoms with E-state index in [4.69, 9.17) is 9.84 Å². The fourth-order valence-corrected chi connectivity index (χ4v) is 1.65. The van der Waals surface area contributed by atoms with Gasteiger partial charge >= 0.3 is 5.69 Å². The zero-order valence-corrected chi connectivity index (χ0v) is 9.64. The number of rotatable bonds is 2. The molecule has 0 bridgehead atoms. The number of aromatic nitrogens is 2. The molecule has 2 N–H and O–H groups in total. The highest BCUT2D eigenvalue weighted by molar-refractivity contribution is 5.10. The molecule has 2 rings (SSSR count). The average molecular weight is 238 g/mol. The van der Waals surface area contributed by atoms with Crippen LogP contribution in [0, 0.1) is 6.92 Å². The van der Waals surface area contributed by atoms with Crippen molar-refractivity contribution in [2.24, 2.45) is 0 Å². The van der Waals surface area contributed by atoms with Crippen molar-refractivity contribution in [1.82, 2.24) is 9.55 Å². The summed E-state index contributed by atoms with van der Waals surface area (Å²) in [6, 6.07) is 0. The number of aliphatic hydroxyl groups is 1. The van der Waals surface area contributed by atoms with Crippen molar-refractivity contribution in [3.05, 3.63) is 44.8 Å². The van der Waals surface area contributed by atoms with Gasteiger partial charge in [-0.1, -0.05) is 6.08 Å². The molecule has 0 saturated heterocycles. The molecule has 1 aliphatic rings. The van der Waals surface area contributed by atoms with Crippen molar-refractivity contribution in [1.29, 1.82) is 0 Å². The topological polar surface area (TPSA) is 84.3 Å². The summed E-state index contributed by atoms with van der Waals surface area (Å²) in [7, 11) is 0. The normalized spacial score (nSPS) is 27.6. The summed E-state index contributed by atoms with van der Waals surface area (Å²) >= 11 is 0. The fourth-order valence-electron chi connectivity index (χ4n) is 1.65. The van der Waals surface area contributed by atoms with Crippen molar-refractivity contribution in [2.45, 2.75) is 25.7 Å². The van der Waals surface area contributed by atoms with Gasteiger partial charge in [0, 0.05) is 11.8 Å². The van der Waals surface area contributed by atoms with Crippen LogP contribution in [0.2, 0.25) is 0 Å². The van der Waals surface area contributed by atoms with Crippen LogP contribution in [0.15, 0.2) is 27.9 Å². The molecule has 1 aromatic heterocycles. The minimum absolute atomic E-state index is 0.170. The third kappa shape index (κ3) is 2.09. The van der Waals surface area contributed by atoms with Gasteiger partial charge in [-0.15, -0.1) is 0 Å². The Morgan fingerprint density at radius 1 is 1.59 bits per heavy atom. The Morgan fingerprint density at radius 2 is 2.29 bits per heavy atom. The number of aliphatic hydroxyl groups excluding tert-OH is 1. The van der Waals surface area contributed by atoms with E-state index in [1.807, 2.05) is 0 Å². The molecule has 0 radical (unpaired) electrons. The van der Waals surface area contributed by atoms with E-state index in [9.17, 15) is 9.59 Å². The molecule has 0 unspecified atom stereocenters. The molecule has 2 heterocycles. The van der Waals surface area contributed by atoms with Crippen LogP contribution < -0.4 is 11.2 Å². The van der Waals surface area contributed by atoms with Crippen LogP contribution in [-0.2, 0) is 4.74 Å². The van der Waals surface area contributed by atoms with Crippen LogP contribution >= 0.6 is 0 Å². The van der Waals surface area contributed by atoms with Gasteiger partial charge in [-0.3, -0.25) is 14.3 Å². The van der Waals surface area contributed by atoms with E-state index in [2.05, 4.69) is 4.98 Å². The summed E-state index contributed by atoms with van der Waals surface area (Å²) < 4.78 is 6.83. The van der Waals surface area contributed by atoms with Gasteiger partial charge in [0.15, 0.2) is 6.23 Å². The van der Waals surface area contributed by atoms with E-state index in [-0.39, 0.29) is 6.61 Å². The molecular weight excluding hydrogens is 224 g/mol. The maximum absolute atomic E-state index is 11.6. The predicted octanol–water partition coefficient (Wildman–Crippen LogP) is -0.319. The number of hydrogen-bond acceptors (Lipinski definition) is 4. The summed E-state index contributed by atoms with van der Waals surface area (Å²) in [5.41, 5.74) is -1.29. The first-order valence-electron chi connectivity index (χ1n) is 5.25. The molecule has 1 aliphatic heterocycles. The van der Waals surface area contributed by atoms with Gasteiger partial charge in [-0.25, -0.2) is 4.79 Å².